The average molecular weight is 390 g/mol. The van der Waals surface area contributed by atoms with Crippen molar-refractivity contribution in [3.05, 3.63) is 60.2 Å². The summed E-state index contributed by atoms with van der Waals surface area (Å²) in [6.45, 7) is 5.11. The van der Waals surface area contributed by atoms with E-state index in [0.29, 0.717) is 5.17 Å². The highest BCUT2D eigenvalue weighted by atomic mass is 32.2. The quantitative estimate of drug-likeness (QED) is 0.596. The van der Waals surface area contributed by atoms with E-state index in [9.17, 15) is 8.42 Å². The van der Waals surface area contributed by atoms with Gasteiger partial charge in [-0.15, -0.1) is 4.40 Å². The first-order chi connectivity index (χ1) is 12.5. The predicted octanol–water partition coefficient (Wildman–Crippen LogP) is 3.22. The van der Waals surface area contributed by atoms with Gasteiger partial charge in [-0.25, -0.2) is 0 Å². The van der Waals surface area contributed by atoms with Crippen LogP contribution >= 0.6 is 11.8 Å². The molecule has 1 aliphatic heterocycles. The molecule has 1 saturated heterocycles. The molecule has 138 valence electrons. The summed E-state index contributed by atoms with van der Waals surface area (Å²) in [6, 6.07) is 17.1. The highest BCUT2D eigenvalue weighted by Gasteiger charge is 2.22. The maximum atomic E-state index is 12.6. The first-order valence-corrected chi connectivity index (χ1v) is 11.2. The van der Waals surface area contributed by atoms with Crippen LogP contribution in [0, 0.1) is 6.92 Å². The van der Waals surface area contributed by atoms with Gasteiger partial charge in [0.15, 0.2) is 5.17 Å². The fourth-order valence-electron chi connectivity index (χ4n) is 2.88. The molecule has 0 N–H and O–H groups in total. The van der Waals surface area contributed by atoms with E-state index in [4.69, 9.17) is 0 Å². The van der Waals surface area contributed by atoms with Crippen molar-refractivity contribution >= 4 is 32.6 Å². The molecular weight excluding hydrogens is 366 g/mol. The number of sulfonamides is 1. The molecule has 3 rings (SSSR count). The molecule has 5 nitrogen and oxygen atoms in total. The number of para-hydroxylation sites is 1. The molecule has 0 aromatic heterocycles. The molecule has 0 unspecified atom stereocenters. The molecule has 26 heavy (non-hydrogen) atoms. The second-order valence-electron chi connectivity index (χ2n) is 6.18. The topological polar surface area (TPSA) is 53.0 Å². The van der Waals surface area contributed by atoms with Crippen molar-refractivity contribution in [3.8, 4) is 0 Å². The summed E-state index contributed by atoms with van der Waals surface area (Å²) >= 11 is 1.38. The summed E-state index contributed by atoms with van der Waals surface area (Å²) in [6.07, 6.45) is 1.87. The highest BCUT2D eigenvalue weighted by molar-refractivity contribution is 8.13. The zero-order valence-electron chi connectivity index (χ0n) is 15.0. The van der Waals surface area contributed by atoms with Crippen molar-refractivity contribution in [1.29, 1.82) is 0 Å². The Hall–Kier alpha value is -1.99. The van der Waals surface area contributed by atoms with Crippen LogP contribution in [-0.4, -0.2) is 50.9 Å². The van der Waals surface area contributed by atoms with Crippen molar-refractivity contribution < 1.29 is 8.42 Å². The monoisotopic (exact) mass is 389 g/mol. The fraction of sp³-hybridized carbons (Fsp3) is 0.316. The van der Waals surface area contributed by atoms with Crippen LogP contribution in [0.15, 0.2) is 63.9 Å². The van der Waals surface area contributed by atoms with Gasteiger partial charge in [0, 0.05) is 31.9 Å². The number of thioether (sulfide) groups is 1. The number of hydrogen-bond donors (Lipinski definition) is 0. The standard InChI is InChI=1S/C19H23N3O2S2/c1-16-8-10-18(11-9-16)26(23,24)20-19(25-2)22-14-12-21(13-15-22)17-6-4-3-5-7-17/h3-11H,12-15H2,1-2H3. The Morgan fingerprint density at radius 3 is 2.15 bits per heavy atom. The number of nitrogens with zero attached hydrogens (tertiary/aromatic N) is 3. The number of aryl methyl sites for hydroxylation is 1. The van der Waals surface area contributed by atoms with E-state index < -0.39 is 10.0 Å². The van der Waals surface area contributed by atoms with E-state index in [1.54, 1.807) is 24.3 Å². The lowest BCUT2D eigenvalue weighted by Crippen LogP contribution is -2.48. The molecule has 0 radical (unpaired) electrons. The Bertz CT molecular complexity index is 857. The van der Waals surface area contributed by atoms with Crippen molar-refractivity contribution in [2.45, 2.75) is 11.8 Å². The van der Waals surface area contributed by atoms with Gasteiger partial charge in [-0.2, -0.15) is 8.42 Å². The van der Waals surface area contributed by atoms with Gasteiger partial charge in [-0.1, -0.05) is 47.7 Å². The van der Waals surface area contributed by atoms with E-state index in [-0.39, 0.29) is 4.90 Å². The van der Waals surface area contributed by atoms with E-state index in [1.165, 1.54) is 17.4 Å². The van der Waals surface area contributed by atoms with Crippen LogP contribution in [0.5, 0.6) is 0 Å². The Morgan fingerprint density at radius 1 is 0.962 bits per heavy atom. The first-order valence-electron chi connectivity index (χ1n) is 8.50. The Labute approximate surface area is 159 Å². The molecule has 0 spiro atoms. The second kappa shape index (κ2) is 8.14. The summed E-state index contributed by atoms with van der Waals surface area (Å²) in [5.74, 6) is 0. The Kier molecular flexibility index (Phi) is 5.88. The molecule has 7 heteroatoms. The fourth-order valence-corrected chi connectivity index (χ4v) is 4.82. The van der Waals surface area contributed by atoms with Gasteiger partial charge in [0.2, 0.25) is 0 Å². The number of rotatable bonds is 3. The summed E-state index contributed by atoms with van der Waals surface area (Å²) in [5.41, 5.74) is 2.22. The maximum Gasteiger partial charge on any atom is 0.284 e. The Morgan fingerprint density at radius 2 is 1.58 bits per heavy atom. The molecule has 1 heterocycles. The molecular formula is C19H23N3O2S2. The third kappa shape index (κ3) is 4.40. The summed E-state index contributed by atoms with van der Waals surface area (Å²) in [4.78, 5) is 4.59. The van der Waals surface area contributed by atoms with Crippen molar-refractivity contribution in [2.24, 2.45) is 4.40 Å². The zero-order chi connectivity index (χ0) is 18.6. The van der Waals surface area contributed by atoms with Crippen LogP contribution in [0.25, 0.3) is 0 Å². The van der Waals surface area contributed by atoms with Gasteiger partial charge in [-0.05, 0) is 37.4 Å². The van der Waals surface area contributed by atoms with Crippen LogP contribution < -0.4 is 4.90 Å². The van der Waals surface area contributed by atoms with Crippen molar-refractivity contribution in [1.82, 2.24) is 4.90 Å². The largest absolute Gasteiger partial charge is 0.368 e. The minimum atomic E-state index is -3.69. The van der Waals surface area contributed by atoms with Gasteiger partial charge < -0.3 is 9.80 Å². The van der Waals surface area contributed by atoms with Crippen LogP contribution in [0.2, 0.25) is 0 Å². The summed E-state index contributed by atoms with van der Waals surface area (Å²) in [7, 11) is -3.69. The summed E-state index contributed by atoms with van der Waals surface area (Å²) in [5, 5.41) is 0.554. The lowest BCUT2D eigenvalue weighted by molar-refractivity contribution is 0.393. The summed E-state index contributed by atoms with van der Waals surface area (Å²) < 4.78 is 29.3. The van der Waals surface area contributed by atoms with Gasteiger partial charge >= 0.3 is 0 Å². The molecule has 0 bridgehead atoms. The maximum absolute atomic E-state index is 12.6. The molecule has 2 aromatic carbocycles. The highest BCUT2D eigenvalue weighted by Crippen LogP contribution is 2.20. The SMILES string of the molecule is CSC(=NS(=O)(=O)c1ccc(C)cc1)N1CCN(c2ccccc2)CC1. The normalized spacial score (nSPS) is 16.0. The molecule has 0 atom stereocenters. The molecule has 1 aliphatic rings. The smallest absolute Gasteiger partial charge is 0.284 e. The van der Waals surface area contributed by atoms with Gasteiger partial charge in [0.1, 0.15) is 0 Å². The lowest BCUT2D eigenvalue weighted by atomic mass is 10.2. The predicted molar refractivity (Wildman–Crippen MR) is 110 cm³/mol. The number of piperazine rings is 1. The number of benzene rings is 2. The van der Waals surface area contributed by atoms with E-state index in [2.05, 4.69) is 26.3 Å². The molecule has 0 amide bonds. The van der Waals surface area contributed by atoms with Crippen molar-refractivity contribution in [3.63, 3.8) is 0 Å². The molecule has 1 fully saturated rings. The second-order valence-corrected chi connectivity index (χ2v) is 8.55. The molecule has 0 saturated carbocycles. The third-order valence-corrected chi connectivity index (χ3v) is 6.48. The third-order valence-electron chi connectivity index (χ3n) is 4.37. The van der Waals surface area contributed by atoms with Gasteiger partial charge in [0.05, 0.1) is 4.90 Å². The first kappa shape index (κ1) is 18.8. The van der Waals surface area contributed by atoms with E-state index >= 15 is 0 Å². The van der Waals surface area contributed by atoms with E-state index in [0.717, 1.165) is 31.7 Å². The number of amidine groups is 1. The zero-order valence-corrected chi connectivity index (χ0v) is 16.6. The average Bonchev–Trinajstić information content (AvgIpc) is 2.67. The van der Waals surface area contributed by atoms with Crippen LogP contribution in [0.4, 0.5) is 5.69 Å². The minimum absolute atomic E-state index is 0.234. The minimum Gasteiger partial charge on any atom is -0.368 e. The van der Waals surface area contributed by atoms with Gasteiger partial charge in [0.25, 0.3) is 10.0 Å². The molecule has 0 aliphatic carbocycles. The lowest BCUT2D eigenvalue weighted by Gasteiger charge is -2.37. The van der Waals surface area contributed by atoms with Crippen LogP contribution in [-0.2, 0) is 10.0 Å². The Balaban J connectivity index is 1.73. The van der Waals surface area contributed by atoms with Crippen molar-refractivity contribution in [2.75, 3.05) is 37.3 Å². The van der Waals surface area contributed by atoms with Gasteiger partial charge in [-0.3, -0.25) is 0 Å². The number of hydrogen-bond acceptors (Lipinski definition) is 4. The van der Waals surface area contributed by atoms with E-state index in [1.807, 2.05) is 31.4 Å². The number of anilines is 1. The molecule has 2 aromatic rings. The van der Waals surface area contributed by atoms with Crippen LogP contribution in [0.1, 0.15) is 5.56 Å². The van der Waals surface area contributed by atoms with Crippen LogP contribution in [0.3, 0.4) is 0 Å².